The summed E-state index contributed by atoms with van der Waals surface area (Å²) < 4.78 is 1.52. The summed E-state index contributed by atoms with van der Waals surface area (Å²) in [5, 5.41) is 11.1. The molecule has 3 aromatic rings. The molecule has 0 aliphatic rings. The van der Waals surface area contributed by atoms with Crippen LogP contribution in [0.15, 0.2) is 59.4 Å². The molecule has 25 heavy (non-hydrogen) atoms. The van der Waals surface area contributed by atoms with E-state index in [0.29, 0.717) is 29.7 Å². The molecule has 5 nitrogen and oxygen atoms in total. The Bertz CT molecular complexity index is 977. The standard InChI is InChI=1S/C20H20N2O3/c1-3-21(14-10-6-5-7-11-14)19(24)17-18(23)15-12-8-9-13-16(15)22(4-2)20(17)25/h5-13,23H,3-4H2,1-2H3. The number of carbonyl (C=O) groups is 1. The zero-order chi connectivity index (χ0) is 18.0. The van der Waals surface area contributed by atoms with Gasteiger partial charge in [-0.15, -0.1) is 0 Å². The summed E-state index contributed by atoms with van der Waals surface area (Å²) in [5.41, 5.74) is 0.640. The van der Waals surface area contributed by atoms with Crippen molar-refractivity contribution < 1.29 is 9.90 Å². The Balaban J connectivity index is 2.24. The van der Waals surface area contributed by atoms with Gasteiger partial charge >= 0.3 is 0 Å². The number of para-hydroxylation sites is 2. The van der Waals surface area contributed by atoms with Crippen molar-refractivity contribution in [2.45, 2.75) is 20.4 Å². The molecule has 0 saturated carbocycles. The molecule has 1 N–H and O–H groups in total. The van der Waals surface area contributed by atoms with Crippen LogP contribution >= 0.6 is 0 Å². The van der Waals surface area contributed by atoms with Crippen molar-refractivity contribution in [3.8, 4) is 5.75 Å². The molecule has 1 amide bonds. The van der Waals surface area contributed by atoms with Gasteiger partial charge in [-0.3, -0.25) is 9.59 Å². The quantitative estimate of drug-likeness (QED) is 0.794. The van der Waals surface area contributed by atoms with Crippen molar-refractivity contribution in [3.63, 3.8) is 0 Å². The van der Waals surface area contributed by atoms with E-state index in [1.54, 1.807) is 36.4 Å². The Hall–Kier alpha value is -3.08. The highest BCUT2D eigenvalue weighted by molar-refractivity contribution is 6.10. The Labute approximate surface area is 145 Å². The van der Waals surface area contributed by atoms with Gasteiger partial charge in [-0.05, 0) is 38.1 Å². The minimum absolute atomic E-state index is 0.189. The number of fused-ring (bicyclic) bond motifs is 1. The van der Waals surface area contributed by atoms with Crippen LogP contribution in [0.3, 0.4) is 0 Å². The predicted octanol–water partition coefficient (Wildman–Crippen LogP) is 3.39. The van der Waals surface area contributed by atoms with E-state index in [2.05, 4.69) is 0 Å². The van der Waals surface area contributed by atoms with Gasteiger partial charge in [0.1, 0.15) is 11.3 Å². The molecule has 0 spiro atoms. The van der Waals surface area contributed by atoms with E-state index in [-0.39, 0.29) is 11.3 Å². The number of aromatic hydroxyl groups is 1. The lowest BCUT2D eigenvalue weighted by Crippen LogP contribution is -2.37. The van der Waals surface area contributed by atoms with Crippen LogP contribution in [0.1, 0.15) is 24.2 Å². The van der Waals surface area contributed by atoms with Crippen molar-refractivity contribution in [1.82, 2.24) is 4.57 Å². The lowest BCUT2D eigenvalue weighted by Gasteiger charge is -2.22. The third-order valence-corrected chi connectivity index (χ3v) is 4.31. The molecular formula is C20H20N2O3. The summed E-state index contributed by atoms with van der Waals surface area (Å²) in [6.07, 6.45) is 0. The number of hydrogen-bond donors (Lipinski definition) is 1. The summed E-state index contributed by atoms with van der Waals surface area (Å²) in [6, 6.07) is 16.2. The van der Waals surface area contributed by atoms with Crippen LogP contribution < -0.4 is 10.5 Å². The monoisotopic (exact) mass is 336 g/mol. The van der Waals surface area contributed by atoms with Crippen LogP contribution in [-0.2, 0) is 6.54 Å². The highest BCUT2D eigenvalue weighted by atomic mass is 16.3. The first-order valence-electron chi connectivity index (χ1n) is 8.31. The smallest absolute Gasteiger partial charge is 0.267 e. The van der Waals surface area contributed by atoms with Crippen molar-refractivity contribution in [2.75, 3.05) is 11.4 Å². The molecule has 1 aromatic heterocycles. The van der Waals surface area contributed by atoms with Crippen LogP contribution in [-0.4, -0.2) is 22.1 Å². The number of aromatic nitrogens is 1. The fourth-order valence-electron chi connectivity index (χ4n) is 3.08. The molecule has 0 saturated heterocycles. The highest BCUT2D eigenvalue weighted by Crippen LogP contribution is 2.28. The second-order valence-corrected chi connectivity index (χ2v) is 5.68. The largest absolute Gasteiger partial charge is 0.506 e. The Morgan fingerprint density at radius 3 is 2.32 bits per heavy atom. The zero-order valence-corrected chi connectivity index (χ0v) is 14.3. The number of aryl methyl sites for hydroxylation is 1. The first kappa shape index (κ1) is 16.8. The predicted molar refractivity (Wildman–Crippen MR) is 99.3 cm³/mol. The number of anilines is 1. The molecule has 5 heteroatoms. The average molecular weight is 336 g/mol. The van der Waals surface area contributed by atoms with Gasteiger partial charge < -0.3 is 14.6 Å². The van der Waals surface area contributed by atoms with Crippen molar-refractivity contribution in [2.24, 2.45) is 0 Å². The minimum atomic E-state index is -0.496. The molecule has 2 aromatic carbocycles. The van der Waals surface area contributed by atoms with Crippen LogP contribution in [0.4, 0.5) is 5.69 Å². The lowest BCUT2D eigenvalue weighted by atomic mass is 10.1. The van der Waals surface area contributed by atoms with E-state index in [1.165, 1.54) is 9.47 Å². The van der Waals surface area contributed by atoms with Crippen LogP contribution in [0.5, 0.6) is 5.75 Å². The van der Waals surface area contributed by atoms with Crippen LogP contribution in [0.25, 0.3) is 10.9 Å². The number of pyridine rings is 1. The number of hydrogen-bond acceptors (Lipinski definition) is 3. The molecule has 0 atom stereocenters. The first-order chi connectivity index (χ1) is 12.1. The average Bonchev–Trinajstić information content (AvgIpc) is 2.64. The van der Waals surface area contributed by atoms with Crippen LogP contribution in [0, 0.1) is 0 Å². The molecule has 0 aliphatic heterocycles. The van der Waals surface area contributed by atoms with E-state index in [1.807, 2.05) is 32.0 Å². The van der Waals surface area contributed by atoms with Gasteiger partial charge in [-0.25, -0.2) is 0 Å². The van der Waals surface area contributed by atoms with Crippen molar-refractivity contribution in [1.29, 1.82) is 0 Å². The third-order valence-electron chi connectivity index (χ3n) is 4.31. The fraction of sp³-hybridized carbons (Fsp3) is 0.200. The molecule has 0 fully saturated rings. The number of carbonyl (C=O) groups excluding carboxylic acids is 1. The van der Waals surface area contributed by atoms with Gasteiger partial charge in [-0.1, -0.05) is 30.3 Å². The van der Waals surface area contributed by atoms with Gasteiger partial charge in [0.25, 0.3) is 11.5 Å². The van der Waals surface area contributed by atoms with Crippen molar-refractivity contribution in [3.05, 3.63) is 70.5 Å². The summed E-state index contributed by atoms with van der Waals surface area (Å²) in [7, 11) is 0. The van der Waals surface area contributed by atoms with Gasteiger partial charge in [0.15, 0.2) is 0 Å². The highest BCUT2D eigenvalue weighted by Gasteiger charge is 2.26. The van der Waals surface area contributed by atoms with Gasteiger partial charge in [0.2, 0.25) is 0 Å². The maximum atomic E-state index is 13.1. The maximum Gasteiger partial charge on any atom is 0.267 e. The number of amides is 1. The first-order valence-corrected chi connectivity index (χ1v) is 8.31. The number of rotatable bonds is 4. The summed E-state index contributed by atoms with van der Waals surface area (Å²) in [4.78, 5) is 27.5. The van der Waals surface area contributed by atoms with E-state index in [4.69, 9.17) is 0 Å². The number of nitrogens with zero attached hydrogens (tertiary/aromatic N) is 2. The van der Waals surface area contributed by atoms with Crippen molar-refractivity contribution >= 4 is 22.5 Å². The summed E-state index contributed by atoms with van der Waals surface area (Å²) in [6.45, 7) is 4.48. The Kier molecular flexibility index (Phi) is 4.57. The molecule has 0 aliphatic carbocycles. The fourth-order valence-corrected chi connectivity index (χ4v) is 3.08. The van der Waals surface area contributed by atoms with Gasteiger partial charge in [0, 0.05) is 24.2 Å². The molecule has 0 bridgehead atoms. The van der Waals surface area contributed by atoms with Crippen LogP contribution in [0.2, 0.25) is 0 Å². The van der Waals surface area contributed by atoms with Gasteiger partial charge in [-0.2, -0.15) is 0 Å². The minimum Gasteiger partial charge on any atom is -0.506 e. The normalized spacial score (nSPS) is 10.8. The zero-order valence-electron chi connectivity index (χ0n) is 14.3. The molecule has 0 radical (unpaired) electrons. The summed E-state index contributed by atoms with van der Waals surface area (Å²) in [5.74, 6) is -0.756. The van der Waals surface area contributed by atoms with E-state index in [9.17, 15) is 14.7 Å². The van der Waals surface area contributed by atoms with E-state index >= 15 is 0 Å². The molecular weight excluding hydrogens is 316 g/mol. The molecule has 1 heterocycles. The third kappa shape index (κ3) is 2.78. The van der Waals surface area contributed by atoms with E-state index < -0.39 is 11.5 Å². The second-order valence-electron chi connectivity index (χ2n) is 5.68. The topological polar surface area (TPSA) is 62.5 Å². The maximum absolute atomic E-state index is 13.1. The van der Waals surface area contributed by atoms with E-state index in [0.717, 1.165) is 0 Å². The SMILES string of the molecule is CCN(C(=O)c1c(O)c2ccccc2n(CC)c1=O)c1ccccc1. The molecule has 128 valence electrons. The summed E-state index contributed by atoms with van der Waals surface area (Å²) >= 11 is 0. The second kappa shape index (κ2) is 6.81. The lowest BCUT2D eigenvalue weighted by molar-refractivity contribution is 0.0984. The Morgan fingerprint density at radius 1 is 1.04 bits per heavy atom. The number of benzene rings is 2. The molecule has 0 unspecified atom stereocenters. The Morgan fingerprint density at radius 2 is 1.68 bits per heavy atom. The molecule has 3 rings (SSSR count). The van der Waals surface area contributed by atoms with Gasteiger partial charge in [0.05, 0.1) is 5.52 Å².